The summed E-state index contributed by atoms with van der Waals surface area (Å²) in [5.74, 6) is 1.40. The van der Waals surface area contributed by atoms with Crippen LogP contribution in [0.1, 0.15) is 6.42 Å². The molecule has 2 heterocycles. The number of halogens is 1. The van der Waals surface area contributed by atoms with Crippen LogP contribution in [-0.2, 0) is 4.74 Å². The highest BCUT2D eigenvalue weighted by Gasteiger charge is 2.08. The number of aromatic nitrogens is 3. The van der Waals surface area contributed by atoms with Crippen molar-refractivity contribution in [1.82, 2.24) is 14.6 Å². The highest BCUT2D eigenvalue weighted by atomic mass is 35.5. The van der Waals surface area contributed by atoms with Crippen LogP contribution in [0.25, 0.3) is 5.65 Å². The van der Waals surface area contributed by atoms with Gasteiger partial charge in [-0.05, 0) is 12.5 Å². The average molecular weight is 255 g/mol. The molecule has 0 aromatic carbocycles. The number of fused-ring (bicyclic) bond motifs is 1. The minimum absolute atomic E-state index is 0.176. The molecule has 0 fully saturated rings. The second-order valence-corrected chi connectivity index (χ2v) is 4.10. The Morgan fingerprint density at radius 2 is 2.41 bits per heavy atom. The average Bonchev–Trinajstić information content (AvgIpc) is 2.77. The fourth-order valence-electron chi connectivity index (χ4n) is 1.63. The summed E-state index contributed by atoms with van der Waals surface area (Å²) >= 11 is 5.75. The molecule has 1 N–H and O–H groups in total. The van der Waals surface area contributed by atoms with Crippen molar-refractivity contribution in [1.29, 1.82) is 0 Å². The Morgan fingerprint density at radius 3 is 3.18 bits per heavy atom. The third kappa shape index (κ3) is 3.08. The van der Waals surface area contributed by atoms with Gasteiger partial charge in [-0.15, -0.1) is 11.6 Å². The quantitative estimate of drug-likeness (QED) is 0.799. The maximum absolute atomic E-state index is 5.75. The lowest BCUT2D eigenvalue weighted by Gasteiger charge is -2.17. The molecule has 6 heteroatoms. The third-order valence-electron chi connectivity index (χ3n) is 2.44. The van der Waals surface area contributed by atoms with Crippen molar-refractivity contribution < 1.29 is 4.74 Å². The van der Waals surface area contributed by atoms with Crippen LogP contribution < -0.4 is 5.32 Å². The van der Waals surface area contributed by atoms with Gasteiger partial charge in [-0.25, -0.2) is 9.50 Å². The van der Waals surface area contributed by atoms with Crippen molar-refractivity contribution in [2.24, 2.45) is 0 Å². The van der Waals surface area contributed by atoms with Gasteiger partial charge in [0.25, 0.3) is 0 Å². The van der Waals surface area contributed by atoms with Gasteiger partial charge in [0.1, 0.15) is 5.82 Å². The Bertz CT molecular complexity index is 467. The van der Waals surface area contributed by atoms with Crippen molar-refractivity contribution in [2.75, 3.05) is 24.9 Å². The standard InChI is InChI=1S/C11H15ClN4O/c1-17-8-9(2-5-12)14-10-4-7-16-11(15-10)3-6-13-16/h3-4,6-7,9H,2,5,8H2,1H3,(H,14,15). The molecule has 0 saturated carbocycles. The topological polar surface area (TPSA) is 51.5 Å². The van der Waals surface area contributed by atoms with Gasteiger partial charge < -0.3 is 10.1 Å². The smallest absolute Gasteiger partial charge is 0.157 e. The predicted molar refractivity (Wildman–Crippen MR) is 67.6 cm³/mol. The van der Waals surface area contributed by atoms with Crippen LogP contribution in [0.4, 0.5) is 5.82 Å². The van der Waals surface area contributed by atoms with Crippen LogP contribution in [0, 0.1) is 0 Å². The molecule has 1 unspecified atom stereocenters. The van der Waals surface area contributed by atoms with Gasteiger partial charge in [-0.3, -0.25) is 0 Å². The number of anilines is 1. The highest BCUT2D eigenvalue weighted by molar-refractivity contribution is 6.17. The maximum atomic E-state index is 5.75. The molecule has 0 spiro atoms. The van der Waals surface area contributed by atoms with E-state index in [4.69, 9.17) is 16.3 Å². The Hall–Kier alpha value is -1.33. The normalized spacial score (nSPS) is 12.8. The van der Waals surface area contributed by atoms with Crippen LogP contribution in [0.2, 0.25) is 0 Å². The molecule has 0 aliphatic heterocycles. The van der Waals surface area contributed by atoms with Crippen molar-refractivity contribution in [3.8, 4) is 0 Å². The first-order valence-electron chi connectivity index (χ1n) is 5.45. The molecule has 5 nitrogen and oxygen atoms in total. The van der Waals surface area contributed by atoms with E-state index < -0.39 is 0 Å². The largest absolute Gasteiger partial charge is 0.383 e. The lowest BCUT2D eigenvalue weighted by atomic mass is 10.2. The fraction of sp³-hybridized carbons (Fsp3) is 0.455. The molecular formula is C11H15ClN4O. The molecule has 17 heavy (non-hydrogen) atoms. The van der Waals surface area contributed by atoms with Crippen LogP contribution in [0.5, 0.6) is 0 Å². The van der Waals surface area contributed by atoms with E-state index in [-0.39, 0.29) is 6.04 Å². The van der Waals surface area contributed by atoms with Gasteiger partial charge >= 0.3 is 0 Å². The molecule has 0 amide bonds. The van der Waals surface area contributed by atoms with E-state index >= 15 is 0 Å². The van der Waals surface area contributed by atoms with Gasteiger partial charge in [0.15, 0.2) is 5.65 Å². The van der Waals surface area contributed by atoms with Crippen LogP contribution in [0.3, 0.4) is 0 Å². The summed E-state index contributed by atoms with van der Waals surface area (Å²) in [6.07, 6.45) is 4.42. The number of hydrogen-bond donors (Lipinski definition) is 1. The maximum Gasteiger partial charge on any atom is 0.157 e. The second kappa shape index (κ2) is 5.84. The Balaban J connectivity index is 2.09. The number of ether oxygens (including phenoxy) is 1. The lowest BCUT2D eigenvalue weighted by Crippen LogP contribution is -2.26. The fourth-order valence-corrected chi connectivity index (χ4v) is 1.90. The van der Waals surface area contributed by atoms with E-state index in [9.17, 15) is 0 Å². The van der Waals surface area contributed by atoms with Crippen LogP contribution in [-0.4, -0.2) is 40.2 Å². The van der Waals surface area contributed by atoms with E-state index in [0.717, 1.165) is 17.9 Å². The van der Waals surface area contributed by atoms with Gasteiger partial charge in [0.05, 0.1) is 18.8 Å². The van der Waals surface area contributed by atoms with Gasteiger partial charge in [0.2, 0.25) is 0 Å². The number of nitrogens with zero attached hydrogens (tertiary/aromatic N) is 3. The summed E-state index contributed by atoms with van der Waals surface area (Å²) in [6, 6.07) is 3.92. The summed E-state index contributed by atoms with van der Waals surface area (Å²) in [7, 11) is 1.68. The zero-order chi connectivity index (χ0) is 12.1. The number of hydrogen-bond acceptors (Lipinski definition) is 4. The summed E-state index contributed by atoms with van der Waals surface area (Å²) < 4.78 is 6.86. The Morgan fingerprint density at radius 1 is 1.53 bits per heavy atom. The zero-order valence-electron chi connectivity index (χ0n) is 9.64. The molecular weight excluding hydrogens is 240 g/mol. The molecule has 2 aromatic heterocycles. The second-order valence-electron chi connectivity index (χ2n) is 3.72. The van der Waals surface area contributed by atoms with Gasteiger partial charge in [-0.2, -0.15) is 5.10 Å². The van der Waals surface area contributed by atoms with E-state index in [1.807, 2.05) is 18.3 Å². The summed E-state index contributed by atoms with van der Waals surface area (Å²) in [5.41, 5.74) is 0.817. The number of rotatable bonds is 6. The molecule has 0 saturated heterocycles. The van der Waals surface area contributed by atoms with Crippen molar-refractivity contribution in [2.45, 2.75) is 12.5 Å². The third-order valence-corrected chi connectivity index (χ3v) is 2.65. The summed E-state index contributed by atoms with van der Waals surface area (Å²) in [6.45, 7) is 0.610. The van der Waals surface area contributed by atoms with E-state index in [1.165, 1.54) is 0 Å². The van der Waals surface area contributed by atoms with Crippen molar-refractivity contribution in [3.05, 3.63) is 24.5 Å². The minimum Gasteiger partial charge on any atom is -0.383 e. The Kier molecular flexibility index (Phi) is 4.17. The van der Waals surface area contributed by atoms with Gasteiger partial charge in [-0.1, -0.05) is 0 Å². The van der Waals surface area contributed by atoms with Crippen LogP contribution >= 0.6 is 11.6 Å². The zero-order valence-corrected chi connectivity index (χ0v) is 10.4. The predicted octanol–water partition coefficient (Wildman–Crippen LogP) is 1.79. The molecule has 2 aromatic rings. The molecule has 1 atom stereocenters. The van der Waals surface area contributed by atoms with E-state index in [2.05, 4.69) is 15.4 Å². The Labute approximate surface area is 105 Å². The number of alkyl halides is 1. The monoisotopic (exact) mass is 254 g/mol. The van der Waals surface area contributed by atoms with Crippen molar-refractivity contribution in [3.63, 3.8) is 0 Å². The molecule has 0 aliphatic carbocycles. The molecule has 92 valence electrons. The molecule has 2 rings (SSSR count). The first kappa shape index (κ1) is 12.1. The summed E-state index contributed by atoms with van der Waals surface area (Å²) in [5, 5.41) is 7.39. The SMILES string of the molecule is COCC(CCCl)Nc1ccn2nccc2n1. The van der Waals surface area contributed by atoms with E-state index in [1.54, 1.807) is 17.8 Å². The van der Waals surface area contributed by atoms with E-state index in [0.29, 0.717) is 12.5 Å². The van der Waals surface area contributed by atoms with Crippen molar-refractivity contribution >= 4 is 23.1 Å². The number of nitrogens with one attached hydrogen (secondary N) is 1. The first-order valence-corrected chi connectivity index (χ1v) is 5.99. The summed E-state index contributed by atoms with van der Waals surface area (Å²) in [4.78, 5) is 4.43. The highest BCUT2D eigenvalue weighted by Crippen LogP contribution is 2.09. The number of methoxy groups -OCH3 is 1. The molecule has 0 radical (unpaired) electrons. The van der Waals surface area contributed by atoms with Crippen LogP contribution in [0.15, 0.2) is 24.5 Å². The minimum atomic E-state index is 0.176. The molecule has 0 aliphatic rings. The molecule has 0 bridgehead atoms. The first-order chi connectivity index (χ1) is 8.33. The van der Waals surface area contributed by atoms with Gasteiger partial charge in [0, 0.05) is 25.3 Å². The lowest BCUT2D eigenvalue weighted by molar-refractivity contribution is 0.184.